The smallest absolute Gasteiger partial charge is 0.313 e. The Labute approximate surface area is 102 Å². The molecule has 17 heavy (non-hydrogen) atoms. The van der Waals surface area contributed by atoms with E-state index in [9.17, 15) is 4.57 Å². The molecule has 0 spiro atoms. The number of hydrogen-bond acceptors (Lipinski definition) is 1. The second kappa shape index (κ2) is 4.06. The predicted molar refractivity (Wildman–Crippen MR) is 65.3 cm³/mol. The van der Waals surface area contributed by atoms with E-state index in [1.54, 1.807) is 0 Å². The summed E-state index contributed by atoms with van der Waals surface area (Å²) in [5.41, 5.74) is 0.414. The van der Waals surface area contributed by atoms with Crippen molar-refractivity contribution >= 4 is 7.75 Å². The highest BCUT2D eigenvalue weighted by Crippen LogP contribution is 2.61. The lowest BCUT2D eigenvalue weighted by Crippen LogP contribution is -2.46. The molecule has 0 saturated heterocycles. The molecule has 0 unspecified atom stereocenters. The normalized spacial score (nSPS) is 44.2. The van der Waals surface area contributed by atoms with E-state index in [1.807, 2.05) is 0 Å². The molecule has 98 valence electrons. The Morgan fingerprint density at radius 3 is 1.94 bits per heavy atom. The summed E-state index contributed by atoms with van der Waals surface area (Å²) in [5.74, 6) is 2.74. The van der Waals surface area contributed by atoms with Crippen molar-refractivity contribution in [2.75, 3.05) is 6.54 Å². The van der Waals surface area contributed by atoms with Gasteiger partial charge in [0.15, 0.2) is 0 Å². The molecule has 4 aliphatic carbocycles. The maximum absolute atomic E-state index is 10.8. The van der Waals surface area contributed by atoms with Crippen LogP contribution in [-0.4, -0.2) is 16.3 Å². The van der Waals surface area contributed by atoms with E-state index < -0.39 is 7.75 Å². The highest BCUT2D eigenvalue weighted by atomic mass is 31.2. The summed E-state index contributed by atoms with van der Waals surface area (Å²) in [6.07, 6.45) is 9.13. The van der Waals surface area contributed by atoms with Crippen molar-refractivity contribution in [3.63, 3.8) is 0 Å². The van der Waals surface area contributed by atoms with Crippen LogP contribution in [0.3, 0.4) is 0 Å². The first-order chi connectivity index (χ1) is 7.94. The lowest BCUT2D eigenvalue weighted by atomic mass is 9.49. The maximum atomic E-state index is 10.8. The highest BCUT2D eigenvalue weighted by molar-refractivity contribution is 7.49. The summed E-state index contributed by atoms with van der Waals surface area (Å²) in [6, 6.07) is 0. The minimum absolute atomic E-state index is 0.414. The van der Waals surface area contributed by atoms with Gasteiger partial charge >= 0.3 is 7.75 Å². The zero-order valence-electron chi connectivity index (χ0n) is 10.1. The zero-order chi connectivity index (χ0) is 12.1. The molecular weight excluding hydrogens is 237 g/mol. The Morgan fingerprint density at radius 2 is 1.53 bits per heavy atom. The van der Waals surface area contributed by atoms with Gasteiger partial charge in [-0.05, 0) is 68.1 Å². The van der Waals surface area contributed by atoms with Crippen LogP contribution in [0.15, 0.2) is 0 Å². The average Bonchev–Trinajstić information content (AvgIpc) is 2.11. The molecule has 4 saturated carbocycles. The second-order valence-electron chi connectivity index (χ2n) is 6.62. The van der Waals surface area contributed by atoms with Crippen LogP contribution in [0.25, 0.3) is 0 Å². The van der Waals surface area contributed by atoms with Gasteiger partial charge < -0.3 is 9.79 Å². The van der Waals surface area contributed by atoms with E-state index in [2.05, 4.69) is 5.09 Å². The standard InChI is InChI=1S/C12H22NO3P/c14-17(15,16)13-2-1-12-6-9-3-10(7-12)5-11(4-9)8-12/h9-11H,1-8H2,(H3,13,14,15,16). The van der Waals surface area contributed by atoms with Crippen molar-refractivity contribution in [1.82, 2.24) is 5.09 Å². The van der Waals surface area contributed by atoms with Crippen molar-refractivity contribution in [2.24, 2.45) is 23.2 Å². The van der Waals surface area contributed by atoms with Crippen molar-refractivity contribution in [3.8, 4) is 0 Å². The van der Waals surface area contributed by atoms with Crippen LogP contribution in [0.5, 0.6) is 0 Å². The fourth-order valence-electron chi connectivity index (χ4n) is 5.06. The molecule has 0 aromatic heterocycles. The Hall–Kier alpha value is 0.110. The van der Waals surface area contributed by atoms with E-state index in [0.717, 1.165) is 24.2 Å². The molecule has 4 aliphatic rings. The van der Waals surface area contributed by atoms with E-state index in [-0.39, 0.29) is 0 Å². The zero-order valence-corrected chi connectivity index (χ0v) is 11.0. The maximum Gasteiger partial charge on any atom is 0.400 e. The third-order valence-electron chi connectivity index (χ3n) is 5.14. The number of hydrogen-bond donors (Lipinski definition) is 3. The van der Waals surface area contributed by atoms with Gasteiger partial charge in [-0.3, -0.25) is 0 Å². The summed E-state index contributed by atoms with van der Waals surface area (Å²) in [6.45, 7) is 0.469. The Balaban J connectivity index is 1.61. The van der Waals surface area contributed by atoms with Gasteiger partial charge in [-0.15, -0.1) is 0 Å². The van der Waals surface area contributed by atoms with Gasteiger partial charge in [0.2, 0.25) is 0 Å². The van der Waals surface area contributed by atoms with Crippen LogP contribution in [0.2, 0.25) is 0 Å². The molecule has 3 N–H and O–H groups in total. The lowest BCUT2D eigenvalue weighted by molar-refractivity contribution is -0.0562. The molecule has 4 nitrogen and oxygen atoms in total. The molecule has 0 aliphatic heterocycles. The third kappa shape index (κ3) is 2.60. The SMILES string of the molecule is O=P(O)(O)NCCC12CC3CC(CC(C3)C1)C2. The quantitative estimate of drug-likeness (QED) is 0.677. The first kappa shape index (κ1) is 12.2. The molecule has 4 bridgehead atoms. The van der Waals surface area contributed by atoms with Gasteiger partial charge in [-0.2, -0.15) is 0 Å². The molecular formula is C12H22NO3P. The summed E-state index contributed by atoms with van der Waals surface area (Å²) in [7, 11) is -4.02. The van der Waals surface area contributed by atoms with Crippen LogP contribution < -0.4 is 5.09 Å². The van der Waals surface area contributed by atoms with Gasteiger partial charge in [0.25, 0.3) is 0 Å². The van der Waals surface area contributed by atoms with E-state index in [1.165, 1.54) is 38.5 Å². The Morgan fingerprint density at radius 1 is 1.06 bits per heavy atom. The van der Waals surface area contributed by atoms with Crippen LogP contribution in [0, 0.1) is 23.2 Å². The van der Waals surface area contributed by atoms with Crippen LogP contribution in [-0.2, 0) is 4.57 Å². The van der Waals surface area contributed by atoms with Crippen molar-refractivity contribution < 1.29 is 14.4 Å². The largest absolute Gasteiger partial charge is 0.400 e. The molecule has 0 aromatic rings. The van der Waals surface area contributed by atoms with E-state index in [0.29, 0.717) is 12.0 Å². The van der Waals surface area contributed by atoms with Crippen LogP contribution in [0.1, 0.15) is 44.9 Å². The minimum Gasteiger partial charge on any atom is -0.313 e. The fraction of sp³-hybridized carbons (Fsp3) is 1.00. The molecule has 4 fully saturated rings. The molecule has 0 amide bonds. The van der Waals surface area contributed by atoms with Crippen molar-refractivity contribution in [2.45, 2.75) is 44.9 Å². The van der Waals surface area contributed by atoms with Gasteiger partial charge in [-0.25, -0.2) is 9.65 Å². The van der Waals surface area contributed by atoms with Crippen LogP contribution >= 0.6 is 7.75 Å². The van der Waals surface area contributed by atoms with Gasteiger partial charge in [0, 0.05) is 6.54 Å². The van der Waals surface area contributed by atoms with Crippen molar-refractivity contribution in [3.05, 3.63) is 0 Å². The lowest BCUT2D eigenvalue weighted by Gasteiger charge is -2.57. The third-order valence-corrected chi connectivity index (χ3v) is 5.77. The first-order valence-electron chi connectivity index (χ1n) is 6.75. The summed E-state index contributed by atoms with van der Waals surface area (Å²) in [5, 5.41) is 2.36. The molecule has 0 radical (unpaired) electrons. The molecule has 0 aromatic carbocycles. The van der Waals surface area contributed by atoms with Gasteiger partial charge in [-0.1, -0.05) is 0 Å². The van der Waals surface area contributed by atoms with Crippen molar-refractivity contribution in [1.29, 1.82) is 0 Å². The number of rotatable bonds is 4. The second-order valence-corrected chi connectivity index (χ2v) is 8.02. The Kier molecular flexibility index (Phi) is 2.90. The molecule has 0 heterocycles. The topological polar surface area (TPSA) is 69.6 Å². The van der Waals surface area contributed by atoms with Gasteiger partial charge in [0.1, 0.15) is 0 Å². The minimum atomic E-state index is -4.02. The predicted octanol–water partition coefficient (Wildman–Crippen LogP) is 2.28. The fourth-order valence-corrected chi connectivity index (χ4v) is 5.47. The monoisotopic (exact) mass is 259 g/mol. The molecule has 0 atom stereocenters. The molecule has 5 heteroatoms. The van der Waals surface area contributed by atoms with E-state index in [4.69, 9.17) is 9.79 Å². The summed E-state index contributed by atoms with van der Waals surface area (Å²) < 4.78 is 10.8. The Bertz CT molecular complexity index is 316. The molecule has 4 rings (SSSR count). The van der Waals surface area contributed by atoms with E-state index >= 15 is 0 Å². The highest BCUT2D eigenvalue weighted by Gasteiger charge is 2.50. The van der Waals surface area contributed by atoms with Crippen LogP contribution in [0.4, 0.5) is 0 Å². The first-order valence-corrected chi connectivity index (χ1v) is 8.36. The average molecular weight is 259 g/mol. The summed E-state index contributed by atoms with van der Waals surface area (Å²) in [4.78, 5) is 17.7. The number of nitrogens with one attached hydrogen (secondary N) is 1. The summed E-state index contributed by atoms with van der Waals surface area (Å²) >= 11 is 0. The van der Waals surface area contributed by atoms with Gasteiger partial charge in [0.05, 0.1) is 0 Å².